The first-order valence-electron chi connectivity index (χ1n) is 6.32. The van der Waals surface area contributed by atoms with E-state index in [0.29, 0.717) is 5.92 Å². The first kappa shape index (κ1) is 15.7. The molecule has 2 heteroatoms. The average Bonchev–Trinajstić information content (AvgIpc) is 2.31. The van der Waals surface area contributed by atoms with Crippen LogP contribution in [0.5, 0.6) is 0 Å². The van der Waals surface area contributed by atoms with Crippen LogP contribution in [0.1, 0.15) is 51.7 Å². The average molecular weight is 236 g/mol. The summed E-state index contributed by atoms with van der Waals surface area (Å²) >= 11 is 0. The van der Waals surface area contributed by atoms with E-state index >= 15 is 0 Å². The summed E-state index contributed by atoms with van der Waals surface area (Å²) in [5.74, 6) is -0.558. The van der Waals surface area contributed by atoms with E-state index in [4.69, 9.17) is 5.11 Å². The van der Waals surface area contributed by atoms with Gasteiger partial charge in [0.2, 0.25) is 0 Å². The number of hydrogen-bond acceptors (Lipinski definition) is 1. The van der Waals surface area contributed by atoms with Gasteiger partial charge in [-0.05, 0) is 30.4 Å². The quantitative estimate of drug-likeness (QED) is 0.854. The van der Waals surface area contributed by atoms with Crippen LogP contribution in [0, 0.1) is 5.92 Å². The molecule has 1 N–H and O–H groups in total. The summed E-state index contributed by atoms with van der Waals surface area (Å²) in [4.78, 5) is 10.8. The Kier molecular flexibility index (Phi) is 7.27. The molecule has 17 heavy (non-hydrogen) atoms. The van der Waals surface area contributed by atoms with Gasteiger partial charge in [-0.15, -0.1) is 0 Å². The van der Waals surface area contributed by atoms with Crippen LogP contribution in [0.4, 0.5) is 0 Å². The van der Waals surface area contributed by atoms with Gasteiger partial charge in [0.25, 0.3) is 0 Å². The molecular formula is C15H24O2. The lowest BCUT2D eigenvalue weighted by Gasteiger charge is -2.09. The van der Waals surface area contributed by atoms with E-state index in [-0.39, 0.29) is 0 Å². The molecule has 2 nitrogen and oxygen atoms in total. The molecule has 0 bridgehead atoms. The third-order valence-corrected chi connectivity index (χ3v) is 2.49. The van der Waals surface area contributed by atoms with E-state index in [9.17, 15) is 4.79 Å². The topological polar surface area (TPSA) is 37.3 Å². The minimum absolute atomic E-state index is 0.418. The van der Waals surface area contributed by atoms with Gasteiger partial charge >= 0.3 is 5.97 Å². The molecule has 1 rings (SSSR count). The Morgan fingerprint density at radius 2 is 1.59 bits per heavy atom. The van der Waals surface area contributed by atoms with Gasteiger partial charge in [0, 0.05) is 0 Å². The van der Waals surface area contributed by atoms with Gasteiger partial charge in [0.05, 0.1) is 5.92 Å². The van der Waals surface area contributed by atoms with Crippen molar-refractivity contribution in [1.29, 1.82) is 0 Å². The lowest BCUT2D eigenvalue weighted by Crippen LogP contribution is -2.07. The smallest absolute Gasteiger partial charge is 0.310 e. The molecule has 1 atom stereocenters. The molecule has 0 heterocycles. The van der Waals surface area contributed by atoms with Gasteiger partial charge in [-0.3, -0.25) is 4.79 Å². The second-order valence-corrected chi connectivity index (χ2v) is 4.40. The van der Waals surface area contributed by atoms with Crippen molar-refractivity contribution in [2.75, 3.05) is 0 Å². The summed E-state index contributed by atoms with van der Waals surface area (Å²) in [5.41, 5.74) is 2.14. The van der Waals surface area contributed by atoms with Gasteiger partial charge in [0.1, 0.15) is 0 Å². The maximum absolute atomic E-state index is 10.8. The first-order valence-corrected chi connectivity index (χ1v) is 6.32. The molecule has 0 saturated heterocycles. The van der Waals surface area contributed by atoms with Crippen molar-refractivity contribution >= 4 is 5.97 Å². The highest BCUT2D eigenvalue weighted by Crippen LogP contribution is 2.17. The Morgan fingerprint density at radius 3 is 1.94 bits per heavy atom. The predicted octanol–water partition coefficient (Wildman–Crippen LogP) is 4.10. The third-order valence-electron chi connectivity index (χ3n) is 2.49. The van der Waals surface area contributed by atoms with E-state index in [1.807, 2.05) is 38.1 Å². The number of rotatable bonds is 4. The van der Waals surface area contributed by atoms with Crippen LogP contribution >= 0.6 is 0 Å². The molecule has 1 unspecified atom stereocenters. The Labute approximate surface area is 105 Å². The van der Waals surface area contributed by atoms with Crippen LogP contribution in [0.2, 0.25) is 0 Å². The van der Waals surface area contributed by atoms with E-state index < -0.39 is 11.9 Å². The Hall–Kier alpha value is -1.31. The summed E-state index contributed by atoms with van der Waals surface area (Å²) in [6.45, 7) is 10.1. The zero-order chi connectivity index (χ0) is 13.4. The lowest BCUT2D eigenvalue weighted by atomic mass is 9.97. The molecule has 0 aliphatic heterocycles. The van der Waals surface area contributed by atoms with Gasteiger partial charge in [-0.25, -0.2) is 0 Å². The fraction of sp³-hybridized carbons (Fsp3) is 0.533. The molecule has 1 aromatic carbocycles. The van der Waals surface area contributed by atoms with Crippen molar-refractivity contribution in [2.24, 2.45) is 5.92 Å². The second-order valence-electron chi connectivity index (χ2n) is 4.40. The van der Waals surface area contributed by atoms with Crippen LogP contribution in [-0.2, 0) is 11.2 Å². The molecule has 0 spiro atoms. The fourth-order valence-electron chi connectivity index (χ4n) is 1.56. The minimum atomic E-state index is -0.772. The predicted molar refractivity (Wildman–Crippen MR) is 72.4 cm³/mol. The molecule has 0 saturated carbocycles. The number of carbonyl (C=O) groups is 1. The van der Waals surface area contributed by atoms with E-state index in [1.54, 1.807) is 6.92 Å². The SMILES string of the molecule is CC.CC(C)Cc1ccc(C(C)C(=O)O)cc1. The molecule has 0 aromatic heterocycles. The summed E-state index contributed by atoms with van der Waals surface area (Å²) < 4.78 is 0. The number of carboxylic acid groups (broad SMARTS) is 1. The maximum Gasteiger partial charge on any atom is 0.310 e. The lowest BCUT2D eigenvalue weighted by molar-refractivity contribution is -0.138. The Balaban J connectivity index is 0.00000121. The summed E-state index contributed by atoms with van der Waals surface area (Å²) in [6, 6.07) is 7.87. The molecule has 96 valence electrons. The van der Waals surface area contributed by atoms with Crippen LogP contribution in [0.25, 0.3) is 0 Å². The van der Waals surface area contributed by atoms with E-state index in [2.05, 4.69) is 13.8 Å². The highest BCUT2D eigenvalue weighted by Gasteiger charge is 2.12. The van der Waals surface area contributed by atoms with Crippen LogP contribution < -0.4 is 0 Å². The van der Waals surface area contributed by atoms with Crippen LogP contribution in [0.3, 0.4) is 0 Å². The van der Waals surface area contributed by atoms with Gasteiger partial charge < -0.3 is 5.11 Å². The monoisotopic (exact) mass is 236 g/mol. The van der Waals surface area contributed by atoms with Crippen molar-refractivity contribution in [3.63, 3.8) is 0 Å². The highest BCUT2D eigenvalue weighted by atomic mass is 16.4. The fourth-order valence-corrected chi connectivity index (χ4v) is 1.56. The maximum atomic E-state index is 10.8. The van der Waals surface area contributed by atoms with E-state index in [1.165, 1.54) is 5.56 Å². The summed E-state index contributed by atoms with van der Waals surface area (Å²) in [7, 11) is 0. The minimum Gasteiger partial charge on any atom is -0.481 e. The molecule has 0 amide bonds. The summed E-state index contributed by atoms with van der Waals surface area (Å²) in [6.07, 6.45) is 1.04. The summed E-state index contributed by atoms with van der Waals surface area (Å²) in [5, 5.41) is 8.85. The molecule has 1 aromatic rings. The largest absolute Gasteiger partial charge is 0.481 e. The van der Waals surface area contributed by atoms with Crippen molar-refractivity contribution in [3.05, 3.63) is 35.4 Å². The van der Waals surface area contributed by atoms with Crippen molar-refractivity contribution in [1.82, 2.24) is 0 Å². The first-order chi connectivity index (χ1) is 8.00. The number of benzene rings is 1. The van der Waals surface area contributed by atoms with Crippen LogP contribution in [-0.4, -0.2) is 11.1 Å². The van der Waals surface area contributed by atoms with E-state index in [0.717, 1.165) is 12.0 Å². The molecule has 0 aliphatic rings. The molecule has 0 aliphatic carbocycles. The highest BCUT2D eigenvalue weighted by molar-refractivity contribution is 5.75. The molecule has 0 fully saturated rings. The van der Waals surface area contributed by atoms with Crippen molar-refractivity contribution in [3.8, 4) is 0 Å². The Bertz CT molecular complexity index is 325. The second kappa shape index (κ2) is 7.88. The number of carboxylic acids is 1. The molecular weight excluding hydrogens is 212 g/mol. The number of aliphatic carboxylic acids is 1. The normalized spacial score (nSPS) is 11.6. The zero-order valence-electron chi connectivity index (χ0n) is 11.5. The Morgan fingerprint density at radius 1 is 1.12 bits per heavy atom. The van der Waals surface area contributed by atoms with Crippen LogP contribution in [0.15, 0.2) is 24.3 Å². The standard InChI is InChI=1S/C13H18O2.C2H6/c1-9(2)8-11-4-6-12(7-5-11)10(3)13(14)15;1-2/h4-7,9-10H,8H2,1-3H3,(H,14,15);1-2H3. The number of hydrogen-bond donors (Lipinski definition) is 1. The van der Waals surface area contributed by atoms with Gasteiger partial charge in [-0.1, -0.05) is 52.0 Å². The molecule has 0 radical (unpaired) electrons. The zero-order valence-corrected chi connectivity index (χ0v) is 11.5. The third kappa shape index (κ3) is 5.53. The van der Waals surface area contributed by atoms with Gasteiger partial charge in [0.15, 0.2) is 0 Å². The van der Waals surface area contributed by atoms with Crippen molar-refractivity contribution < 1.29 is 9.90 Å². The van der Waals surface area contributed by atoms with Crippen molar-refractivity contribution in [2.45, 2.75) is 47.0 Å². The van der Waals surface area contributed by atoms with Gasteiger partial charge in [-0.2, -0.15) is 0 Å².